The Kier molecular flexibility index (Phi) is 7.18. The first kappa shape index (κ1) is 20.1. The summed E-state index contributed by atoms with van der Waals surface area (Å²) in [5, 5.41) is 3.50. The summed E-state index contributed by atoms with van der Waals surface area (Å²) in [4.78, 5) is 0. The standard InChI is InChI=1S/C23H23NO3.ClH/c1-3-7-18(8-4-1)11-12-24-15-20-13-22-23(27-17-26-22)14-21(20)25-16-19-9-5-2-6-10-19;/h1-10,13-14,24H,11-12,15-17H2;1H. The smallest absolute Gasteiger partial charge is 0.231 e. The first-order valence-corrected chi connectivity index (χ1v) is 9.22. The van der Waals surface area contributed by atoms with Gasteiger partial charge in [-0.2, -0.15) is 0 Å². The van der Waals surface area contributed by atoms with Crippen LogP contribution in [-0.2, 0) is 19.6 Å². The number of nitrogens with one attached hydrogen (secondary N) is 1. The molecule has 4 rings (SSSR count). The number of rotatable bonds is 8. The first-order chi connectivity index (χ1) is 13.4. The molecule has 0 atom stereocenters. The molecule has 146 valence electrons. The van der Waals surface area contributed by atoms with Crippen molar-refractivity contribution in [2.45, 2.75) is 19.6 Å². The second-order valence-corrected chi connectivity index (χ2v) is 6.50. The minimum Gasteiger partial charge on any atom is -0.488 e. The molecule has 0 amide bonds. The maximum absolute atomic E-state index is 6.09. The molecule has 0 unspecified atom stereocenters. The zero-order valence-corrected chi connectivity index (χ0v) is 16.4. The van der Waals surface area contributed by atoms with Crippen molar-refractivity contribution in [3.8, 4) is 17.2 Å². The molecule has 1 aliphatic heterocycles. The molecular weight excluding hydrogens is 374 g/mol. The Bertz CT molecular complexity index is 872. The summed E-state index contributed by atoms with van der Waals surface area (Å²) in [6.07, 6.45) is 0.992. The molecule has 0 saturated carbocycles. The van der Waals surface area contributed by atoms with Crippen molar-refractivity contribution in [3.63, 3.8) is 0 Å². The minimum absolute atomic E-state index is 0. The topological polar surface area (TPSA) is 39.7 Å². The van der Waals surface area contributed by atoms with Crippen molar-refractivity contribution in [2.24, 2.45) is 0 Å². The van der Waals surface area contributed by atoms with E-state index in [-0.39, 0.29) is 19.2 Å². The number of hydrogen-bond donors (Lipinski definition) is 1. The van der Waals surface area contributed by atoms with Gasteiger partial charge in [0, 0.05) is 18.2 Å². The highest BCUT2D eigenvalue weighted by molar-refractivity contribution is 5.85. The summed E-state index contributed by atoms with van der Waals surface area (Å²) in [5.41, 5.74) is 3.54. The van der Waals surface area contributed by atoms with E-state index in [1.165, 1.54) is 5.56 Å². The van der Waals surface area contributed by atoms with Gasteiger partial charge in [0.05, 0.1) is 0 Å². The molecule has 28 heavy (non-hydrogen) atoms. The molecule has 0 spiro atoms. The lowest BCUT2D eigenvalue weighted by Gasteiger charge is -2.14. The van der Waals surface area contributed by atoms with Crippen LogP contribution in [-0.4, -0.2) is 13.3 Å². The Morgan fingerprint density at radius 1 is 0.821 bits per heavy atom. The van der Waals surface area contributed by atoms with Crippen LogP contribution < -0.4 is 19.5 Å². The van der Waals surface area contributed by atoms with Crippen LogP contribution in [0.25, 0.3) is 0 Å². The molecule has 0 bridgehead atoms. The maximum Gasteiger partial charge on any atom is 0.231 e. The van der Waals surface area contributed by atoms with E-state index in [2.05, 4.69) is 41.7 Å². The van der Waals surface area contributed by atoms with E-state index in [0.717, 1.165) is 41.3 Å². The van der Waals surface area contributed by atoms with Gasteiger partial charge in [0.25, 0.3) is 0 Å². The quantitative estimate of drug-likeness (QED) is 0.557. The Hall–Kier alpha value is -2.69. The lowest BCUT2D eigenvalue weighted by atomic mass is 10.1. The summed E-state index contributed by atoms with van der Waals surface area (Å²) in [7, 11) is 0. The highest BCUT2D eigenvalue weighted by atomic mass is 35.5. The first-order valence-electron chi connectivity index (χ1n) is 9.22. The van der Waals surface area contributed by atoms with Crippen LogP contribution in [0.1, 0.15) is 16.7 Å². The lowest BCUT2D eigenvalue weighted by Crippen LogP contribution is -2.17. The van der Waals surface area contributed by atoms with Gasteiger partial charge in [0.2, 0.25) is 6.79 Å². The van der Waals surface area contributed by atoms with Gasteiger partial charge in [-0.25, -0.2) is 0 Å². The van der Waals surface area contributed by atoms with Gasteiger partial charge in [-0.15, -0.1) is 12.4 Å². The Balaban J connectivity index is 0.00000225. The molecule has 0 radical (unpaired) electrons. The molecule has 3 aromatic carbocycles. The third-order valence-corrected chi connectivity index (χ3v) is 4.54. The third kappa shape index (κ3) is 5.18. The Morgan fingerprint density at radius 2 is 1.46 bits per heavy atom. The number of fused-ring (bicyclic) bond motifs is 1. The fraction of sp³-hybridized carbons (Fsp3) is 0.217. The van der Waals surface area contributed by atoms with Gasteiger partial charge in [-0.05, 0) is 30.2 Å². The summed E-state index contributed by atoms with van der Waals surface area (Å²) >= 11 is 0. The molecule has 1 aliphatic rings. The SMILES string of the molecule is Cl.c1ccc(CCNCc2cc3c(cc2OCc2ccccc2)OCO3)cc1. The largest absolute Gasteiger partial charge is 0.488 e. The van der Waals surface area contributed by atoms with Crippen molar-refractivity contribution < 1.29 is 14.2 Å². The molecule has 4 nitrogen and oxygen atoms in total. The average molecular weight is 398 g/mol. The second-order valence-electron chi connectivity index (χ2n) is 6.50. The van der Waals surface area contributed by atoms with Gasteiger partial charge in [-0.3, -0.25) is 0 Å². The van der Waals surface area contributed by atoms with Crippen LogP contribution in [0.2, 0.25) is 0 Å². The third-order valence-electron chi connectivity index (χ3n) is 4.54. The molecule has 0 aliphatic carbocycles. The van der Waals surface area contributed by atoms with Crippen LogP contribution in [0, 0.1) is 0 Å². The van der Waals surface area contributed by atoms with Gasteiger partial charge < -0.3 is 19.5 Å². The van der Waals surface area contributed by atoms with Crippen LogP contribution in [0.4, 0.5) is 0 Å². The Labute approximate surface area is 171 Å². The normalized spacial score (nSPS) is 11.7. The van der Waals surface area contributed by atoms with E-state index in [4.69, 9.17) is 14.2 Å². The monoisotopic (exact) mass is 397 g/mol. The highest BCUT2D eigenvalue weighted by Crippen LogP contribution is 2.38. The van der Waals surface area contributed by atoms with Crippen LogP contribution in [0.15, 0.2) is 72.8 Å². The zero-order valence-electron chi connectivity index (χ0n) is 15.6. The van der Waals surface area contributed by atoms with Crippen LogP contribution in [0.3, 0.4) is 0 Å². The molecule has 1 heterocycles. The fourth-order valence-corrected chi connectivity index (χ4v) is 3.07. The number of benzene rings is 3. The van der Waals surface area contributed by atoms with Crippen LogP contribution in [0.5, 0.6) is 17.2 Å². The van der Waals surface area contributed by atoms with Gasteiger partial charge in [0.1, 0.15) is 12.4 Å². The zero-order chi connectivity index (χ0) is 18.3. The Morgan fingerprint density at radius 3 is 2.18 bits per heavy atom. The number of halogens is 1. The van der Waals surface area contributed by atoms with E-state index in [1.54, 1.807) is 0 Å². The summed E-state index contributed by atoms with van der Waals surface area (Å²) in [6, 6.07) is 24.6. The average Bonchev–Trinajstić information content (AvgIpc) is 3.18. The fourth-order valence-electron chi connectivity index (χ4n) is 3.07. The maximum atomic E-state index is 6.09. The lowest BCUT2D eigenvalue weighted by molar-refractivity contribution is 0.173. The predicted molar refractivity (Wildman–Crippen MR) is 112 cm³/mol. The van der Waals surface area contributed by atoms with E-state index in [1.807, 2.05) is 36.4 Å². The van der Waals surface area contributed by atoms with Gasteiger partial charge >= 0.3 is 0 Å². The highest BCUT2D eigenvalue weighted by Gasteiger charge is 2.18. The molecule has 1 N–H and O–H groups in total. The van der Waals surface area contributed by atoms with Crippen molar-refractivity contribution in [3.05, 3.63) is 89.5 Å². The van der Waals surface area contributed by atoms with Crippen molar-refractivity contribution >= 4 is 12.4 Å². The van der Waals surface area contributed by atoms with Crippen LogP contribution >= 0.6 is 12.4 Å². The predicted octanol–water partition coefficient (Wildman–Crippen LogP) is 4.75. The summed E-state index contributed by atoms with van der Waals surface area (Å²) in [6.45, 7) is 2.40. The molecule has 3 aromatic rings. The van der Waals surface area contributed by atoms with E-state index < -0.39 is 0 Å². The van der Waals surface area contributed by atoms with E-state index in [0.29, 0.717) is 13.2 Å². The molecule has 0 aromatic heterocycles. The molecule has 0 saturated heterocycles. The second kappa shape index (κ2) is 10.0. The van der Waals surface area contributed by atoms with E-state index >= 15 is 0 Å². The summed E-state index contributed by atoms with van der Waals surface area (Å²) in [5.74, 6) is 2.35. The van der Waals surface area contributed by atoms with Crippen molar-refractivity contribution in [1.29, 1.82) is 0 Å². The van der Waals surface area contributed by atoms with Crippen molar-refractivity contribution in [2.75, 3.05) is 13.3 Å². The van der Waals surface area contributed by atoms with Gasteiger partial charge in [-0.1, -0.05) is 60.7 Å². The molecule has 0 fully saturated rings. The minimum atomic E-state index is 0. The van der Waals surface area contributed by atoms with Gasteiger partial charge in [0.15, 0.2) is 11.5 Å². The number of ether oxygens (including phenoxy) is 3. The summed E-state index contributed by atoms with van der Waals surface area (Å²) < 4.78 is 17.1. The van der Waals surface area contributed by atoms with E-state index in [9.17, 15) is 0 Å². The molecule has 5 heteroatoms. The molecular formula is C23H24ClNO3. The number of hydrogen-bond acceptors (Lipinski definition) is 4. The van der Waals surface area contributed by atoms with Crippen molar-refractivity contribution in [1.82, 2.24) is 5.32 Å².